The second-order valence-electron chi connectivity index (χ2n) is 5.54. The number of carbonyl (C=O) groups excluding carboxylic acids is 1. The highest BCUT2D eigenvalue weighted by atomic mass is 32.1. The monoisotopic (exact) mass is 362 g/mol. The van der Waals surface area contributed by atoms with Crippen molar-refractivity contribution in [1.82, 2.24) is 10.4 Å². The fraction of sp³-hybridized carbons (Fsp3) is 0. The minimum atomic E-state index is -0.375. The SMILES string of the molecule is O=C1NN=Cc2sc(Nc3ccccc3)nc2/C1=C\c1ccccc1O. The Hall–Kier alpha value is -3.45. The van der Waals surface area contributed by atoms with Gasteiger partial charge in [-0.2, -0.15) is 5.10 Å². The summed E-state index contributed by atoms with van der Waals surface area (Å²) in [4.78, 5) is 17.8. The lowest BCUT2D eigenvalue weighted by atomic mass is 10.1. The number of hydrazone groups is 1. The molecule has 0 fully saturated rings. The van der Waals surface area contributed by atoms with Gasteiger partial charge in [0.05, 0.1) is 22.4 Å². The highest BCUT2D eigenvalue weighted by molar-refractivity contribution is 7.17. The molecule has 2 aromatic carbocycles. The Morgan fingerprint density at radius 3 is 2.65 bits per heavy atom. The number of amides is 1. The predicted molar refractivity (Wildman–Crippen MR) is 104 cm³/mol. The second-order valence-corrected chi connectivity index (χ2v) is 6.57. The first-order chi connectivity index (χ1) is 12.7. The Morgan fingerprint density at radius 1 is 1.08 bits per heavy atom. The van der Waals surface area contributed by atoms with Crippen LogP contribution in [0.15, 0.2) is 59.7 Å². The number of para-hydroxylation sites is 2. The van der Waals surface area contributed by atoms with Crippen LogP contribution in [-0.2, 0) is 4.79 Å². The van der Waals surface area contributed by atoms with Crippen molar-refractivity contribution in [3.8, 4) is 5.75 Å². The third-order valence-electron chi connectivity index (χ3n) is 3.76. The van der Waals surface area contributed by atoms with Gasteiger partial charge in [-0.1, -0.05) is 47.7 Å². The van der Waals surface area contributed by atoms with Crippen molar-refractivity contribution in [2.24, 2.45) is 5.10 Å². The molecule has 0 aliphatic carbocycles. The van der Waals surface area contributed by atoms with Crippen molar-refractivity contribution in [1.29, 1.82) is 0 Å². The van der Waals surface area contributed by atoms with Crippen molar-refractivity contribution in [3.05, 3.63) is 70.7 Å². The van der Waals surface area contributed by atoms with Gasteiger partial charge in [-0.05, 0) is 24.3 Å². The third kappa shape index (κ3) is 3.20. The summed E-state index contributed by atoms with van der Waals surface area (Å²) in [7, 11) is 0. The molecule has 0 saturated carbocycles. The molecule has 6 nitrogen and oxygen atoms in total. The molecular formula is C19H14N4O2S. The molecule has 4 rings (SSSR count). The standard InChI is InChI=1S/C19H14N4O2S/c24-15-9-5-4-6-12(15)10-14-17-16(11-20-23-18(14)25)26-19(22-17)21-13-7-2-1-3-8-13/h1-11,24H,(H,21,22)(H,23,25)/b14-10+. The van der Waals surface area contributed by atoms with E-state index in [0.717, 1.165) is 10.6 Å². The molecule has 1 aliphatic rings. The van der Waals surface area contributed by atoms with E-state index in [1.54, 1.807) is 36.6 Å². The number of nitrogens with one attached hydrogen (secondary N) is 2. The fourth-order valence-corrected chi connectivity index (χ4v) is 3.40. The number of hydrogen-bond acceptors (Lipinski definition) is 6. The molecule has 26 heavy (non-hydrogen) atoms. The van der Waals surface area contributed by atoms with Gasteiger partial charge in [0.25, 0.3) is 5.91 Å². The third-order valence-corrected chi connectivity index (χ3v) is 4.67. The number of benzene rings is 2. The Kier molecular flexibility index (Phi) is 4.20. The maximum Gasteiger partial charge on any atom is 0.273 e. The molecule has 3 aromatic rings. The van der Waals surface area contributed by atoms with E-state index < -0.39 is 0 Å². The van der Waals surface area contributed by atoms with E-state index in [1.807, 2.05) is 30.3 Å². The van der Waals surface area contributed by atoms with Crippen LogP contribution in [0.2, 0.25) is 0 Å². The Morgan fingerprint density at radius 2 is 1.85 bits per heavy atom. The highest BCUT2D eigenvalue weighted by Crippen LogP contribution is 2.32. The van der Waals surface area contributed by atoms with Crippen molar-refractivity contribution in [2.75, 3.05) is 5.32 Å². The molecule has 128 valence electrons. The smallest absolute Gasteiger partial charge is 0.273 e. The number of aromatic hydroxyl groups is 1. The summed E-state index contributed by atoms with van der Waals surface area (Å²) in [6.45, 7) is 0. The van der Waals surface area contributed by atoms with Crippen LogP contribution in [0.3, 0.4) is 0 Å². The minimum absolute atomic E-state index is 0.0948. The van der Waals surface area contributed by atoms with Gasteiger partial charge in [0.15, 0.2) is 5.13 Å². The van der Waals surface area contributed by atoms with Gasteiger partial charge in [0, 0.05) is 11.3 Å². The van der Waals surface area contributed by atoms with Crippen LogP contribution in [-0.4, -0.2) is 22.2 Å². The van der Waals surface area contributed by atoms with Crippen molar-refractivity contribution in [3.63, 3.8) is 0 Å². The van der Waals surface area contributed by atoms with Crippen LogP contribution in [0.25, 0.3) is 11.6 Å². The van der Waals surface area contributed by atoms with Crippen LogP contribution < -0.4 is 10.7 Å². The zero-order valence-electron chi connectivity index (χ0n) is 13.5. The van der Waals surface area contributed by atoms with Gasteiger partial charge in [0.1, 0.15) is 5.75 Å². The van der Waals surface area contributed by atoms with E-state index in [9.17, 15) is 9.90 Å². The van der Waals surface area contributed by atoms with Gasteiger partial charge in [-0.15, -0.1) is 0 Å². The zero-order chi connectivity index (χ0) is 17.9. The molecule has 7 heteroatoms. The summed E-state index contributed by atoms with van der Waals surface area (Å²) in [5.74, 6) is -0.280. The highest BCUT2D eigenvalue weighted by Gasteiger charge is 2.23. The van der Waals surface area contributed by atoms with E-state index >= 15 is 0 Å². The molecule has 0 unspecified atom stereocenters. The molecular weight excluding hydrogens is 348 g/mol. The molecule has 0 atom stereocenters. The lowest BCUT2D eigenvalue weighted by Crippen LogP contribution is -2.17. The summed E-state index contributed by atoms with van der Waals surface area (Å²) >= 11 is 1.40. The first-order valence-corrected chi connectivity index (χ1v) is 8.69. The molecule has 1 aromatic heterocycles. The van der Waals surface area contributed by atoms with Crippen molar-refractivity contribution in [2.45, 2.75) is 0 Å². The maximum absolute atomic E-state index is 12.4. The van der Waals surface area contributed by atoms with Crippen molar-refractivity contribution >= 4 is 45.9 Å². The average molecular weight is 362 g/mol. The summed E-state index contributed by atoms with van der Waals surface area (Å²) in [5.41, 5.74) is 4.78. The molecule has 0 saturated heterocycles. The van der Waals surface area contributed by atoms with Gasteiger partial charge in [-0.25, -0.2) is 10.4 Å². The number of phenols is 1. The summed E-state index contributed by atoms with van der Waals surface area (Å²) in [6.07, 6.45) is 3.19. The topological polar surface area (TPSA) is 86.6 Å². The molecule has 3 N–H and O–H groups in total. The minimum Gasteiger partial charge on any atom is -0.507 e. The van der Waals surface area contributed by atoms with Gasteiger partial charge in [0.2, 0.25) is 0 Å². The van der Waals surface area contributed by atoms with E-state index in [1.165, 1.54) is 11.3 Å². The lowest BCUT2D eigenvalue weighted by Gasteiger charge is -2.04. The Labute approximate surface area is 153 Å². The van der Waals surface area contributed by atoms with Gasteiger partial charge < -0.3 is 10.4 Å². The number of carbonyl (C=O) groups is 1. The van der Waals surface area contributed by atoms with Crippen LogP contribution >= 0.6 is 11.3 Å². The first kappa shape index (κ1) is 16.0. The first-order valence-electron chi connectivity index (χ1n) is 7.87. The number of anilines is 2. The number of hydrogen-bond donors (Lipinski definition) is 3. The normalized spacial score (nSPS) is 14.6. The maximum atomic E-state index is 12.4. The van der Waals surface area contributed by atoms with Crippen LogP contribution in [0.1, 0.15) is 16.1 Å². The number of thiazole rings is 1. The van der Waals surface area contributed by atoms with E-state index in [-0.39, 0.29) is 11.7 Å². The number of fused-ring (bicyclic) bond motifs is 1. The summed E-state index contributed by atoms with van der Waals surface area (Å²) in [6, 6.07) is 16.5. The van der Waals surface area contributed by atoms with E-state index in [4.69, 9.17) is 0 Å². The van der Waals surface area contributed by atoms with Crippen LogP contribution in [0.5, 0.6) is 5.75 Å². The average Bonchev–Trinajstić information content (AvgIpc) is 2.97. The Bertz CT molecular complexity index is 1030. The fourth-order valence-electron chi connectivity index (χ4n) is 2.53. The largest absolute Gasteiger partial charge is 0.507 e. The van der Waals surface area contributed by atoms with E-state index in [0.29, 0.717) is 22.0 Å². The molecule has 2 heterocycles. The lowest BCUT2D eigenvalue weighted by molar-refractivity contribution is -0.115. The quantitative estimate of drug-likeness (QED) is 0.622. The predicted octanol–water partition coefficient (Wildman–Crippen LogP) is 3.60. The van der Waals surface area contributed by atoms with Crippen LogP contribution in [0.4, 0.5) is 10.8 Å². The second kappa shape index (κ2) is 6.81. The zero-order valence-corrected chi connectivity index (χ0v) is 14.3. The Balaban J connectivity index is 1.76. The number of nitrogens with zero attached hydrogens (tertiary/aromatic N) is 2. The summed E-state index contributed by atoms with van der Waals surface area (Å²) < 4.78 is 0. The van der Waals surface area contributed by atoms with Gasteiger partial charge >= 0.3 is 0 Å². The molecule has 1 aliphatic heterocycles. The number of aromatic nitrogens is 1. The molecule has 1 amide bonds. The molecule has 0 spiro atoms. The van der Waals surface area contributed by atoms with Crippen molar-refractivity contribution < 1.29 is 9.90 Å². The number of phenolic OH excluding ortho intramolecular Hbond substituents is 1. The van der Waals surface area contributed by atoms with Crippen LogP contribution in [0, 0.1) is 0 Å². The van der Waals surface area contributed by atoms with E-state index in [2.05, 4.69) is 20.8 Å². The molecule has 0 bridgehead atoms. The number of rotatable bonds is 3. The summed E-state index contributed by atoms with van der Waals surface area (Å²) in [5, 5.41) is 17.8. The van der Waals surface area contributed by atoms with Gasteiger partial charge in [-0.3, -0.25) is 4.79 Å². The molecule has 0 radical (unpaired) electrons.